The van der Waals surface area contributed by atoms with Crippen molar-refractivity contribution in [3.8, 4) is 12.1 Å². The zero-order valence-corrected chi connectivity index (χ0v) is 24.7. The van der Waals surface area contributed by atoms with E-state index in [0.29, 0.717) is 24.2 Å². The van der Waals surface area contributed by atoms with Crippen molar-refractivity contribution in [3.05, 3.63) is 11.3 Å². The Kier molecular flexibility index (Phi) is 6.07. The van der Waals surface area contributed by atoms with E-state index in [1.165, 1.54) is 0 Å². The molecule has 0 aliphatic heterocycles. The van der Waals surface area contributed by atoms with Crippen molar-refractivity contribution in [1.29, 1.82) is 10.5 Å². The monoisotopic (exact) mass is 520 g/mol. The average Bonchev–Trinajstić information content (AvgIpc) is 2.82. The van der Waals surface area contributed by atoms with Crippen molar-refractivity contribution in [2.45, 2.75) is 119 Å². The molecule has 0 aromatic heterocycles. The lowest BCUT2D eigenvalue weighted by Crippen LogP contribution is -2.69. The number of Topliss-reactive ketones (excluding diaryl/α,β-unsaturated/α-hetero) is 1. The molecule has 5 aliphatic carbocycles. The molecule has 5 nitrogen and oxygen atoms in total. The minimum atomic E-state index is -0.685. The van der Waals surface area contributed by atoms with Gasteiger partial charge in [-0.2, -0.15) is 10.5 Å². The predicted molar refractivity (Wildman–Crippen MR) is 146 cm³/mol. The predicted octanol–water partition coefficient (Wildman–Crippen LogP) is 7.27. The van der Waals surface area contributed by atoms with Gasteiger partial charge in [0, 0.05) is 23.2 Å². The van der Waals surface area contributed by atoms with Gasteiger partial charge in [0.1, 0.15) is 11.5 Å². The summed E-state index contributed by atoms with van der Waals surface area (Å²) in [4.78, 5) is 14.5. The molecule has 5 rings (SSSR count). The van der Waals surface area contributed by atoms with Gasteiger partial charge in [0.2, 0.25) is 0 Å². The standard InChI is InChI=1S/C33H48N2O3/c1-28(2)11-13-33(25(37)9-15-34)14-12-32(7)26(21(33)18-28)22(36)16-24-30(5)17-20(19-35)27(38)29(3,4)23(30)8-10-31(24,32)6/h21,23-26,37-38H,8-14,16-18H2,1-7H3/t21-,23-,24+,25?,26-,30-,31+,32+,33-/m0/s1. The number of carbonyl (C=O) groups is 1. The maximum atomic E-state index is 14.5. The van der Waals surface area contributed by atoms with E-state index in [-0.39, 0.29) is 62.9 Å². The average molecular weight is 521 g/mol. The molecular formula is C33H48N2O3. The van der Waals surface area contributed by atoms with E-state index in [0.717, 1.165) is 44.9 Å². The van der Waals surface area contributed by atoms with Gasteiger partial charge in [-0.25, -0.2) is 0 Å². The highest BCUT2D eigenvalue weighted by molar-refractivity contribution is 5.84. The lowest BCUT2D eigenvalue weighted by Gasteiger charge is -2.72. The van der Waals surface area contributed by atoms with Crippen molar-refractivity contribution in [2.24, 2.45) is 56.2 Å². The minimum Gasteiger partial charge on any atom is -0.511 e. The second-order valence-corrected chi connectivity index (χ2v) is 16.1. The quantitative estimate of drug-likeness (QED) is 0.398. The molecule has 0 spiro atoms. The van der Waals surface area contributed by atoms with Crippen LogP contribution in [0.2, 0.25) is 0 Å². The number of hydrogen-bond acceptors (Lipinski definition) is 5. The fourth-order valence-corrected chi connectivity index (χ4v) is 11.5. The van der Waals surface area contributed by atoms with Crippen molar-refractivity contribution >= 4 is 5.78 Å². The molecule has 4 saturated carbocycles. The van der Waals surface area contributed by atoms with E-state index in [9.17, 15) is 25.5 Å². The summed E-state index contributed by atoms with van der Waals surface area (Å²) < 4.78 is 0. The number of aliphatic hydroxyl groups is 2. The molecule has 2 N–H and O–H groups in total. The van der Waals surface area contributed by atoms with Crippen molar-refractivity contribution < 1.29 is 15.0 Å². The zero-order chi connectivity index (χ0) is 28.1. The molecule has 0 aromatic carbocycles. The van der Waals surface area contributed by atoms with Crippen molar-refractivity contribution in [2.75, 3.05) is 0 Å². The Balaban J connectivity index is 1.62. The molecule has 0 bridgehead atoms. The van der Waals surface area contributed by atoms with Crippen LogP contribution in [0.5, 0.6) is 0 Å². The largest absolute Gasteiger partial charge is 0.511 e. The zero-order valence-electron chi connectivity index (χ0n) is 24.7. The Morgan fingerprint density at radius 1 is 0.947 bits per heavy atom. The highest BCUT2D eigenvalue weighted by Crippen LogP contribution is 2.76. The molecule has 5 aliphatic rings. The third-order valence-corrected chi connectivity index (χ3v) is 13.8. The fourth-order valence-electron chi connectivity index (χ4n) is 11.5. The normalized spacial score (nSPS) is 47.9. The Morgan fingerprint density at radius 3 is 2.24 bits per heavy atom. The van der Waals surface area contributed by atoms with E-state index in [1.54, 1.807) is 0 Å². The molecule has 1 unspecified atom stereocenters. The van der Waals surface area contributed by atoms with Crippen LogP contribution in [0.4, 0.5) is 0 Å². The van der Waals surface area contributed by atoms with Crippen LogP contribution in [0, 0.1) is 78.8 Å². The van der Waals surface area contributed by atoms with E-state index < -0.39 is 11.5 Å². The fraction of sp³-hybridized carbons (Fsp3) is 0.848. The van der Waals surface area contributed by atoms with Gasteiger partial charge < -0.3 is 10.2 Å². The van der Waals surface area contributed by atoms with E-state index in [2.05, 4.69) is 60.6 Å². The van der Waals surface area contributed by atoms with Gasteiger partial charge in [-0.15, -0.1) is 0 Å². The summed E-state index contributed by atoms with van der Waals surface area (Å²) in [5.74, 6) is 0.920. The second-order valence-electron chi connectivity index (χ2n) is 16.1. The van der Waals surface area contributed by atoms with Crippen LogP contribution >= 0.6 is 0 Å². The van der Waals surface area contributed by atoms with Crippen LogP contribution < -0.4 is 0 Å². The first-order chi connectivity index (χ1) is 17.5. The molecule has 4 fully saturated rings. The van der Waals surface area contributed by atoms with Crippen LogP contribution in [-0.2, 0) is 4.79 Å². The molecule has 0 amide bonds. The van der Waals surface area contributed by atoms with Gasteiger partial charge in [-0.05, 0) is 90.8 Å². The van der Waals surface area contributed by atoms with E-state index >= 15 is 0 Å². The first-order valence-electron chi connectivity index (χ1n) is 14.9. The van der Waals surface area contributed by atoms with Gasteiger partial charge in [0.15, 0.2) is 0 Å². The maximum absolute atomic E-state index is 14.5. The summed E-state index contributed by atoms with van der Waals surface area (Å²) in [5.41, 5.74) is -0.755. The Bertz CT molecular complexity index is 1160. The van der Waals surface area contributed by atoms with Gasteiger partial charge in [-0.3, -0.25) is 4.79 Å². The number of nitriles is 2. The summed E-state index contributed by atoms with van der Waals surface area (Å²) in [6.45, 7) is 15.9. The smallest absolute Gasteiger partial charge is 0.137 e. The number of hydrogen-bond donors (Lipinski definition) is 2. The van der Waals surface area contributed by atoms with E-state index in [4.69, 9.17) is 0 Å². The van der Waals surface area contributed by atoms with Crippen LogP contribution in [0.1, 0.15) is 113 Å². The molecule has 0 aromatic rings. The second kappa shape index (κ2) is 8.33. The van der Waals surface area contributed by atoms with Gasteiger partial charge in [-0.1, -0.05) is 48.5 Å². The summed E-state index contributed by atoms with van der Waals surface area (Å²) in [6, 6.07) is 4.55. The van der Waals surface area contributed by atoms with Crippen LogP contribution in [-0.4, -0.2) is 22.1 Å². The number of ketones is 1. The minimum absolute atomic E-state index is 0.0750. The van der Waals surface area contributed by atoms with Crippen molar-refractivity contribution in [1.82, 2.24) is 0 Å². The first kappa shape index (κ1) is 27.7. The molecule has 38 heavy (non-hydrogen) atoms. The highest BCUT2D eigenvalue weighted by atomic mass is 16.3. The molecule has 5 heteroatoms. The molecule has 9 atom stereocenters. The Morgan fingerprint density at radius 2 is 1.61 bits per heavy atom. The number of aliphatic hydroxyl groups excluding tert-OH is 2. The Hall–Kier alpha value is -1.85. The van der Waals surface area contributed by atoms with Crippen LogP contribution in [0.25, 0.3) is 0 Å². The summed E-state index contributed by atoms with van der Waals surface area (Å²) in [5, 5.41) is 42.0. The van der Waals surface area contributed by atoms with Gasteiger partial charge in [0.25, 0.3) is 0 Å². The lowest BCUT2D eigenvalue weighted by atomic mass is 9.31. The molecule has 0 saturated heterocycles. The molecule has 208 valence electrons. The third-order valence-electron chi connectivity index (χ3n) is 13.8. The summed E-state index contributed by atoms with van der Waals surface area (Å²) in [7, 11) is 0. The molecule has 0 heterocycles. The highest BCUT2D eigenvalue weighted by Gasteiger charge is 2.72. The number of rotatable bonds is 2. The van der Waals surface area contributed by atoms with Gasteiger partial charge in [0.05, 0.1) is 30.2 Å². The SMILES string of the molecule is CC1(C)CC[C@]2(C(O)CC#N)CC[C@]3(C)[C@H](C(=O)C[C@@H]4[C@@]5(C)CC(C#N)=C(O)C(C)(C)[C@@H]5CC[C@]43C)[C@@H]2C1. The van der Waals surface area contributed by atoms with E-state index in [1.807, 2.05) is 0 Å². The van der Waals surface area contributed by atoms with Crippen molar-refractivity contribution in [3.63, 3.8) is 0 Å². The van der Waals surface area contributed by atoms with Crippen LogP contribution in [0.15, 0.2) is 11.3 Å². The maximum Gasteiger partial charge on any atom is 0.137 e. The van der Waals surface area contributed by atoms with Crippen LogP contribution in [0.3, 0.4) is 0 Å². The number of nitrogens with zero attached hydrogens (tertiary/aromatic N) is 2. The number of carbonyl (C=O) groups excluding carboxylic acids is 1. The topological polar surface area (TPSA) is 105 Å². The Labute approximate surface area is 229 Å². The number of fused-ring (bicyclic) bond motifs is 7. The lowest BCUT2D eigenvalue weighted by molar-refractivity contribution is -0.241. The van der Waals surface area contributed by atoms with Gasteiger partial charge >= 0.3 is 0 Å². The first-order valence-corrected chi connectivity index (χ1v) is 14.9. The third kappa shape index (κ3) is 3.33. The number of allylic oxidation sites excluding steroid dienone is 2. The molecule has 0 radical (unpaired) electrons. The summed E-state index contributed by atoms with van der Waals surface area (Å²) in [6.07, 6.45) is 7.09. The summed E-state index contributed by atoms with van der Waals surface area (Å²) >= 11 is 0. The molecular weight excluding hydrogens is 472 g/mol.